The average Bonchev–Trinajstić information content (AvgIpc) is 2.65. The summed E-state index contributed by atoms with van der Waals surface area (Å²) in [4.78, 5) is 16.5. The molecule has 6 heteroatoms. The molecular formula is C20H18ClN3O2. The van der Waals surface area contributed by atoms with Gasteiger partial charge in [-0.3, -0.25) is 4.79 Å². The molecule has 0 saturated carbocycles. The second kappa shape index (κ2) is 8.36. The van der Waals surface area contributed by atoms with Crippen molar-refractivity contribution in [3.63, 3.8) is 0 Å². The fourth-order valence-electron chi connectivity index (χ4n) is 2.32. The first kappa shape index (κ1) is 17.8. The number of carbonyl (C=O) groups is 1. The Kier molecular flexibility index (Phi) is 5.71. The Morgan fingerprint density at radius 3 is 2.50 bits per heavy atom. The van der Waals surface area contributed by atoms with Crippen LogP contribution in [0.5, 0.6) is 5.75 Å². The molecule has 0 aliphatic heterocycles. The Balaban J connectivity index is 1.62. The zero-order valence-corrected chi connectivity index (χ0v) is 15.0. The Hall–Kier alpha value is -3.05. The largest absolute Gasteiger partial charge is 0.494 e. The molecule has 26 heavy (non-hydrogen) atoms. The van der Waals surface area contributed by atoms with E-state index in [-0.39, 0.29) is 5.91 Å². The lowest BCUT2D eigenvalue weighted by molar-refractivity contribution is 0.102. The van der Waals surface area contributed by atoms with Crippen LogP contribution in [0.1, 0.15) is 17.3 Å². The highest BCUT2D eigenvalue weighted by Crippen LogP contribution is 2.20. The van der Waals surface area contributed by atoms with Crippen LogP contribution in [-0.2, 0) is 0 Å². The number of hydrogen-bond donors (Lipinski definition) is 2. The summed E-state index contributed by atoms with van der Waals surface area (Å²) in [6, 6.07) is 18.0. The number of halogens is 1. The standard InChI is InChI=1S/C20H18ClN3O2/c1-2-26-18-9-6-16(7-10-18)23-19-11-8-17(13-22-19)24-20(25)14-4-3-5-15(21)12-14/h3-13H,2H2,1H3,(H,22,23)(H,24,25). The highest BCUT2D eigenvalue weighted by Gasteiger charge is 2.07. The van der Waals surface area contributed by atoms with E-state index in [1.54, 1.807) is 42.6 Å². The van der Waals surface area contributed by atoms with E-state index in [0.29, 0.717) is 28.7 Å². The Bertz CT molecular complexity index is 880. The topological polar surface area (TPSA) is 63.2 Å². The zero-order chi connectivity index (χ0) is 18.4. The third kappa shape index (κ3) is 4.74. The number of amides is 1. The first-order valence-corrected chi connectivity index (χ1v) is 8.54. The summed E-state index contributed by atoms with van der Waals surface area (Å²) in [5.41, 5.74) is 2.00. The number of anilines is 3. The van der Waals surface area contributed by atoms with E-state index in [2.05, 4.69) is 15.6 Å². The first-order chi connectivity index (χ1) is 12.6. The number of aromatic nitrogens is 1. The number of benzene rings is 2. The summed E-state index contributed by atoms with van der Waals surface area (Å²) >= 11 is 5.91. The molecule has 2 aromatic carbocycles. The molecule has 1 aromatic heterocycles. The second-order valence-electron chi connectivity index (χ2n) is 5.48. The molecule has 0 unspecified atom stereocenters. The molecule has 1 amide bonds. The van der Waals surface area contributed by atoms with Crippen LogP contribution < -0.4 is 15.4 Å². The van der Waals surface area contributed by atoms with Crippen molar-refractivity contribution in [2.24, 2.45) is 0 Å². The molecule has 0 aliphatic rings. The summed E-state index contributed by atoms with van der Waals surface area (Å²) in [5, 5.41) is 6.51. The van der Waals surface area contributed by atoms with Gasteiger partial charge in [0.2, 0.25) is 0 Å². The molecule has 0 bridgehead atoms. The average molecular weight is 368 g/mol. The molecular weight excluding hydrogens is 350 g/mol. The molecule has 132 valence electrons. The van der Waals surface area contributed by atoms with Gasteiger partial charge in [-0.25, -0.2) is 4.98 Å². The van der Waals surface area contributed by atoms with Crippen molar-refractivity contribution < 1.29 is 9.53 Å². The first-order valence-electron chi connectivity index (χ1n) is 8.17. The van der Waals surface area contributed by atoms with E-state index in [4.69, 9.17) is 16.3 Å². The van der Waals surface area contributed by atoms with Crippen molar-refractivity contribution in [1.29, 1.82) is 0 Å². The zero-order valence-electron chi connectivity index (χ0n) is 14.2. The van der Waals surface area contributed by atoms with Gasteiger partial charge >= 0.3 is 0 Å². The number of hydrogen-bond acceptors (Lipinski definition) is 4. The van der Waals surface area contributed by atoms with E-state index >= 15 is 0 Å². The minimum Gasteiger partial charge on any atom is -0.494 e. The van der Waals surface area contributed by atoms with E-state index in [1.165, 1.54) is 0 Å². The number of carbonyl (C=O) groups excluding carboxylic acids is 1. The molecule has 3 rings (SSSR count). The highest BCUT2D eigenvalue weighted by atomic mass is 35.5. The lowest BCUT2D eigenvalue weighted by Gasteiger charge is -2.09. The van der Waals surface area contributed by atoms with E-state index in [1.807, 2.05) is 31.2 Å². The van der Waals surface area contributed by atoms with Gasteiger partial charge in [0.05, 0.1) is 18.5 Å². The third-order valence-electron chi connectivity index (χ3n) is 3.55. The number of nitrogens with one attached hydrogen (secondary N) is 2. The lowest BCUT2D eigenvalue weighted by Crippen LogP contribution is -2.12. The minimum absolute atomic E-state index is 0.235. The van der Waals surface area contributed by atoms with Gasteiger partial charge in [-0.1, -0.05) is 17.7 Å². The van der Waals surface area contributed by atoms with Gasteiger partial charge in [-0.15, -0.1) is 0 Å². The molecule has 0 spiro atoms. The molecule has 2 N–H and O–H groups in total. The minimum atomic E-state index is -0.235. The summed E-state index contributed by atoms with van der Waals surface area (Å²) in [7, 11) is 0. The van der Waals surface area contributed by atoms with Gasteiger partial charge < -0.3 is 15.4 Å². The second-order valence-corrected chi connectivity index (χ2v) is 5.92. The quantitative estimate of drug-likeness (QED) is 0.634. The normalized spacial score (nSPS) is 10.2. The molecule has 0 saturated heterocycles. The summed E-state index contributed by atoms with van der Waals surface area (Å²) < 4.78 is 5.42. The SMILES string of the molecule is CCOc1ccc(Nc2ccc(NC(=O)c3cccc(Cl)c3)cn2)cc1. The predicted octanol–water partition coefficient (Wildman–Crippen LogP) is 5.13. The van der Waals surface area contributed by atoms with Crippen molar-refractivity contribution in [3.05, 3.63) is 77.4 Å². The molecule has 1 heterocycles. The van der Waals surface area contributed by atoms with Crippen LogP contribution in [0.2, 0.25) is 5.02 Å². The smallest absolute Gasteiger partial charge is 0.255 e. The predicted molar refractivity (Wildman–Crippen MR) is 105 cm³/mol. The maximum absolute atomic E-state index is 12.2. The van der Waals surface area contributed by atoms with Crippen LogP contribution in [0.3, 0.4) is 0 Å². The molecule has 0 aliphatic carbocycles. The van der Waals surface area contributed by atoms with E-state index in [0.717, 1.165) is 11.4 Å². The highest BCUT2D eigenvalue weighted by molar-refractivity contribution is 6.31. The van der Waals surface area contributed by atoms with Crippen molar-refractivity contribution >= 4 is 34.7 Å². The Morgan fingerprint density at radius 2 is 1.85 bits per heavy atom. The van der Waals surface area contributed by atoms with E-state index in [9.17, 15) is 4.79 Å². The van der Waals surface area contributed by atoms with Gasteiger partial charge in [0.25, 0.3) is 5.91 Å². The molecule has 3 aromatic rings. The van der Waals surface area contributed by atoms with Gasteiger partial charge in [0, 0.05) is 16.3 Å². The number of ether oxygens (including phenoxy) is 1. The fourth-order valence-corrected chi connectivity index (χ4v) is 2.51. The van der Waals surface area contributed by atoms with Gasteiger partial charge in [0.1, 0.15) is 11.6 Å². The van der Waals surface area contributed by atoms with Crippen molar-refractivity contribution in [1.82, 2.24) is 4.98 Å². The number of rotatable bonds is 6. The van der Waals surface area contributed by atoms with Crippen LogP contribution in [0, 0.1) is 0 Å². The summed E-state index contributed by atoms with van der Waals surface area (Å²) in [6.07, 6.45) is 1.60. The summed E-state index contributed by atoms with van der Waals surface area (Å²) in [5.74, 6) is 1.27. The Labute approximate surface area is 157 Å². The van der Waals surface area contributed by atoms with Crippen LogP contribution in [-0.4, -0.2) is 17.5 Å². The van der Waals surface area contributed by atoms with Crippen molar-refractivity contribution in [3.8, 4) is 5.75 Å². The van der Waals surface area contributed by atoms with Gasteiger partial charge in [-0.05, 0) is 61.5 Å². The molecule has 5 nitrogen and oxygen atoms in total. The third-order valence-corrected chi connectivity index (χ3v) is 3.78. The van der Waals surface area contributed by atoms with Crippen LogP contribution in [0.15, 0.2) is 66.9 Å². The lowest BCUT2D eigenvalue weighted by atomic mass is 10.2. The molecule has 0 fully saturated rings. The Morgan fingerprint density at radius 1 is 1.08 bits per heavy atom. The number of nitrogens with zero attached hydrogens (tertiary/aromatic N) is 1. The van der Waals surface area contributed by atoms with Crippen molar-refractivity contribution in [2.45, 2.75) is 6.92 Å². The van der Waals surface area contributed by atoms with Crippen LogP contribution in [0.4, 0.5) is 17.2 Å². The van der Waals surface area contributed by atoms with Crippen LogP contribution in [0.25, 0.3) is 0 Å². The summed E-state index contributed by atoms with van der Waals surface area (Å²) in [6.45, 7) is 2.58. The maximum atomic E-state index is 12.2. The monoisotopic (exact) mass is 367 g/mol. The van der Waals surface area contributed by atoms with Gasteiger partial charge in [0.15, 0.2) is 0 Å². The fraction of sp³-hybridized carbons (Fsp3) is 0.100. The maximum Gasteiger partial charge on any atom is 0.255 e. The molecule has 0 atom stereocenters. The van der Waals surface area contributed by atoms with Crippen molar-refractivity contribution in [2.75, 3.05) is 17.2 Å². The number of pyridine rings is 1. The van der Waals surface area contributed by atoms with Gasteiger partial charge in [-0.2, -0.15) is 0 Å². The molecule has 0 radical (unpaired) electrons. The van der Waals surface area contributed by atoms with Crippen LogP contribution >= 0.6 is 11.6 Å². The van der Waals surface area contributed by atoms with E-state index < -0.39 is 0 Å².